The molecule has 1 aliphatic heterocycles. The molecular formula is C20H22BrFN2O3S. The van der Waals surface area contributed by atoms with Crippen molar-refractivity contribution in [2.45, 2.75) is 30.7 Å². The van der Waals surface area contributed by atoms with E-state index in [1.807, 2.05) is 24.3 Å². The minimum Gasteiger partial charge on any atom is -0.337 e. The fourth-order valence-electron chi connectivity index (χ4n) is 3.23. The molecular weight excluding hydrogens is 447 g/mol. The molecule has 0 spiro atoms. The zero-order valence-electron chi connectivity index (χ0n) is 15.6. The Morgan fingerprint density at radius 1 is 1.11 bits per heavy atom. The van der Waals surface area contributed by atoms with Crippen molar-refractivity contribution in [2.24, 2.45) is 0 Å². The van der Waals surface area contributed by atoms with E-state index in [0.29, 0.717) is 19.6 Å². The van der Waals surface area contributed by atoms with E-state index in [-0.39, 0.29) is 11.5 Å². The van der Waals surface area contributed by atoms with E-state index >= 15 is 0 Å². The Bertz CT molecular complexity index is 958. The number of hydrogen-bond donors (Lipinski definition) is 0. The van der Waals surface area contributed by atoms with Gasteiger partial charge in [0, 0.05) is 36.7 Å². The average molecular weight is 469 g/mol. The largest absolute Gasteiger partial charge is 0.337 e. The van der Waals surface area contributed by atoms with Crippen LogP contribution >= 0.6 is 15.9 Å². The molecule has 2 aromatic carbocycles. The summed E-state index contributed by atoms with van der Waals surface area (Å²) in [4.78, 5) is 13.8. The van der Waals surface area contributed by atoms with Crippen LogP contribution in [0.3, 0.4) is 0 Å². The highest BCUT2D eigenvalue weighted by atomic mass is 79.9. The minimum atomic E-state index is -3.96. The molecule has 1 saturated heterocycles. The third kappa shape index (κ3) is 4.61. The molecule has 0 N–H and O–H groups in total. The molecule has 2 aromatic rings. The lowest BCUT2D eigenvalue weighted by Gasteiger charge is -2.26. The molecule has 0 bridgehead atoms. The Balaban J connectivity index is 1.83. The van der Waals surface area contributed by atoms with Gasteiger partial charge in [-0.25, -0.2) is 12.8 Å². The number of piperidine rings is 1. The average Bonchev–Trinajstić information content (AvgIpc) is 2.70. The third-order valence-corrected chi connectivity index (χ3v) is 7.23. The molecule has 0 unspecified atom stereocenters. The van der Waals surface area contributed by atoms with Gasteiger partial charge in [0.2, 0.25) is 10.0 Å². The zero-order chi connectivity index (χ0) is 20.3. The lowest BCUT2D eigenvalue weighted by atomic mass is 10.1. The second kappa shape index (κ2) is 8.71. The van der Waals surface area contributed by atoms with Crippen molar-refractivity contribution >= 4 is 31.9 Å². The zero-order valence-corrected chi connectivity index (χ0v) is 18.0. The fourth-order valence-corrected chi connectivity index (χ4v) is 5.11. The van der Waals surface area contributed by atoms with Gasteiger partial charge in [0.15, 0.2) is 0 Å². The summed E-state index contributed by atoms with van der Waals surface area (Å²) in [5, 5.41) is 0. The second-order valence-electron chi connectivity index (χ2n) is 6.90. The normalized spacial score (nSPS) is 15.4. The van der Waals surface area contributed by atoms with E-state index in [1.165, 1.54) is 15.3 Å². The van der Waals surface area contributed by atoms with Crippen LogP contribution in [0, 0.1) is 5.82 Å². The molecule has 1 aliphatic rings. The van der Waals surface area contributed by atoms with Crippen molar-refractivity contribution < 1.29 is 17.6 Å². The summed E-state index contributed by atoms with van der Waals surface area (Å²) in [7, 11) is -2.32. The number of carbonyl (C=O) groups is 1. The maximum atomic E-state index is 14.3. The van der Waals surface area contributed by atoms with Crippen LogP contribution in [0.15, 0.2) is 51.8 Å². The van der Waals surface area contributed by atoms with Crippen molar-refractivity contribution in [1.82, 2.24) is 9.21 Å². The Morgan fingerprint density at radius 3 is 2.39 bits per heavy atom. The van der Waals surface area contributed by atoms with Crippen molar-refractivity contribution in [3.63, 3.8) is 0 Å². The fraction of sp³-hybridized carbons (Fsp3) is 0.350. The Hall–Kier alpha value is -1.77. The first-order valence-corrected chi connectivity index (χ1v) is 11.3. The highest BCUT2D eigenvalue weighted by molar-refractivity contribution is 9.10. The molecule has 1 fully saturated rings. The van der Waals surface area contributed by atoms with E-state index in [2.05, 4.69) is 15.9 Å². The smallest absolute Gasteiger partial charge is 0.253 e. The first kappa shape index (κ1) is 21.0. The van der Waals surface area contributed by atoms with Crippen LogP contribution < -0.4 is 0 Å². The molecule has 3 rings (SSSR count). The van der Waals surface area contributed by atoms with Gasteiger partial charge in [0.25, 0.3) is 5.91 Å². The number of amides is 1. The Labute approximate surface area is 173 Å². The molecule has 150 valence electrons. The van der Waals surface area contributed by atoms with Gasteiger partial charge in [0.05, 0.1) is 0 Å². The maximum absolute atomic E-state index is 14.3. The number of benzene rings is 2. The van der Waals surface area contributed by atoms with E-state index in [1.54, 1.807) is 7.05 Å². The van der Waals surface area contributed by atoms with E-state index in [9.17, 15) is 17.6 Å². The first-order chi connectivity index (χ1) is 13.3. The van der Waals surface area contributed by atoms with Gasteiger partial charge in [-0.05, 0) is 48.7 Å². The number of hydrogen-bond acceptors (Lipinski definition) is 3. The standard InChI is InChI=1S/C20H22BrFN2O3S/c1-23(14-15-5-8-17(21)9-6-15)20(25)16-7-10-18(22)19(13-16)28(26,27)24-11-3-2-4-12-24/h5-10,13H,2-4,11-12,14H2,1H3. The monoisotopic (exact) mass is 468 g/mol. The van der Waals surface area contributed by atoms with E-state index < -0.39 is 20.7 Å². The van der Waals surface area contributed by atoms with Crippen LogP contribution in [0.5, 0.6) is 0 Å². The Morgan fingerprint density at radius 2 is 1.75 bits per heavy atom. The predicted octanol–water partition coefficient (Wildman–Crippen LogP) is 4.04. The quantitative estimate of drug-likeness (QED) is 0.665. The van der Waals surface area contributed by atoms with E-state index in [4.69, 9.17) is 0 Å². The number of rotatable bonds is 5. The van der Waals surface area contributed by atoms with Crippen molar-refractivity contribution in [3.8, 4) is 0 Å². The maximum Gasteiger partial charge on any atom is 0.253 e. The lowest BCUT2D eigenvalue weighted by Crippen LogP contribution is -2.36. The highest BCUT2D eigenvalue weighted by Gasteiger charge is 2.29. The van der Waals surface area contributed by atoms with Gasteiger partial charge in [-0.1, -0.05) is 34.5 Å². The molecule has 28 heavy (non-hydrogen) atoms. The van der Waals surface area contributed by atoms with Crippen LogP contribution in [-0.4, -0.2) is 43.7 Å². The highest BCUT2D eigenvalue weighted by Crippen LogP contribution is 2.24. The molecule has 0 aromatic heterocycles. The molecule has 1 amide bonds. The molecule has 0 saturated carbocycles. The van der Waals surface area contributed by atoms with Crippen LogP contribution in [0.1, 0.15) is 35.2 Å². The predicted molar refractivity (Wildman–Crippen MR) is 109 cm³/mol. The summed E-state index contributed by atoms with van der Waals surface area (Å²) >= 11 is 3.37. The molecule has 8 heteroatoms. The summed E-state index contributed by atoms with van der Waals surface area (Å²) in [6, 6.07) is 11.1. The van der Waals surface area contributed by atoms with Gasteiger partial charge >= 0.3 is 0 Å². The van der Waals surface area contributed by atoms with E-state index in [0.717, 1.165) is 41.4 Å². The summed E-state index contributed by atoms with van der Waals surface area (Å²) in [6.07, 6.45) is 2.48. The molecule has 0 radical (unpaired) electrons. The second-order valence-corrected chi connectivity index (χ2v) is 9.72. The molecule has 1 heterocycles. The Kier molecular flexibility index (Phi) is 6.52. The van der Waals surface area contributed by atoms with Gasteiger partial charge in [0.1, 0.15) is 10.7 Å². The molecule has 0 aliphatic carbocycles. The number of sulfonamides is 1. The summed E-state index contributed by atoms with van der Waals surface area (Å²) in [6.45, 7) is 1.12. The van der Waals surface area contributed by atoms with Gasteiger partial charge in [-0.15, -0.1) is 0 Å². The van der Waals surface area contributed by atoms with Gasteiger partial charge < -0.3 is 4.90 Å². The van der Waals surface area contributed by atoms with Crippen LogP contribution in [0.25, 0.3) is 0 Å². The summed E-state index contributed by atoms with van der Waals surface area (Å²) in [5.41, 5.74) is 1.08. The molecule has 0 atom stereocenters. The van der Waals surface area contributed by atoms with Gasteiger partial charge in [-0.2, -0.15) is 4.31 Å². The van der Waals surface area contributed by atoms with Crippen molar-refractivity contribution in [2.75, 3.05) is 20.1 Å². The first-order valence-electron chi connectivity index (χ1n) is 9.08. The third-order valence-electron chi connectivity index (χ3n) is 4.79. The van der Waals surface area contributed by atoms with Crippen molar-refractivity contribution in [3.05, 3.63) is 63.9 Å². The molecule has 5 nitrogen and oxygen atoms in total. The van der Waals surface area contributed by atoms with Crippen LogP contribution in [-0.2, 0) is 16.6 Å². The number of nitrogens with zero attached hydrogens (tertiary/aromatic N) is 2. The minimum absolute atomic E-state index is 0.150. The van der Waals surface area contributed by atoms with Gasteiger partial charge in [-0.3, -0.25) is 4.79 Å². The van der Waals surface area contributed by atoms with Crippen molar-refractivity contribution in [1.29, 1.82) is 0 Å². The number of halogens is 2. The topological polar surface area (TPSA) is 57.7 Å². The SMILES string of the molecule is CN(Cc1ccc(Br)cc1)C(=O)c1ccc(F)c(S(=O)(=O)N2CCCCC2)c1. The van der Waals surface area contributed by atoms with Crippen LogP contribution in [0.2, 0.25) is 0 Å². The van der Waals surface area contributed by atoms with Crippen LogP contribution in [0.4, 0.5) is 4.39 Å². The lowest BCUT2D eigenvalue weighted by molar-refractivity contribution is 0.0784. The number of carbonyl (C=O) groups excluding carboxylic acids is 1. The summed E-state index contributed by atoms with van der Waals surface area (Å²) in [5.74, 6) is -1.20. The summed E-state index contributed by atoms with van der Waals surface area (Å²) < 4.78 is 42.2.